The maximum absolute atomic E-state index is 2.75. The molecule has 138 valence electrons. The first-order chi connectivity index (χ1) is 12.4. The van der Waals surface area contributed by atoms with E-state index in [4.69, 9.17) is 0 Å². The van der Waals surface area contributed by atoms with Gasteiger partial charge in [0.25, 0.3) is 0 Å². The molecule has 0 nitrogen and oxygen atoms in total. The van der Waals surface area contributed by atoms with Gasteiger partial charge in [0.2, 0.25) is 0 Å². The molecular formula is C24H36Po. The minimum absolute atomic E-state index is 0.981. The molecule has 3 aliphatic carbocycles. The predicted octanol–water partition coefficient (Wildman–Crippen LogP) is 7.12. The van der Waals surface area contributed by atoms with Gasteiger partial charge in [-0.2, -0.15) is 0 Å². The van der Waals surface area contributed by atoms with E-state index in [9.17, 15) is 0 Å². The second kappa shape index (κ2) is 8.70. The summed E-state index contributed by atoms with van der Waals surface area (Å²) >= 11 is -2.54. The van der Waals surface area contributed by atoms with E-state index in [1.807, 2.05) is 3.22 Å². The molecule has 3 aliphatic rings. The Hall–Kier alpha value is -0.144. The first-order valence-electron chi connectivity index (χ1n) is 10.9. The van der Waals surface area contributed by atoms with Crippen LogP contribution in [0.3, 0.4) is 0 Å². The van der Waals surface area contributed by atoms with Gasteiger partial charge in [-0.25, -0.2) is 0 Å². The normalized spacial score (nSPS) is 27.3. The van der Waals surface area contributed by atoms with Crippen molar-refractivity contribution in [2.45, 2.75) is 94.2 Å². The molecule has 2 fully saturated rings. The molecule has 0 spiro atoms. The van der Waals surface area contributed by atoms with Gasteiger partial charge >= 0.3 is 160 Å². The van der Waals surface area contributed by atoms with Crippen LogP contribution in [0.15, 0.2) is 42.5 Å². The average Bonchev–Trinajstić information content (AvgIpc) is 2.72. The van der Waals surface area contributed by atoms with E-state index in [1.54, 1.807) is 25.7 Å². The van der Waals surface area contributed by atoms with Crippen LogP contribution in [0, 0.1) is 0 Å². The van der Waals surface area contributed by atoms with Gasteiger partial charge in [0.1, 0.15) is 0 Å². The zero-order valence-corrected chi connectivity index (χ0v) is 19.0. The van der Waals surface area contributed by atoms with Crippen molar-refractivity contribution in [2.75, 3.05) is 0 Å². The molecule has 1 atom stereocenters. The van der Waals surface area contributed by atoms with E-state index in [-0.39, 0.29) is 0 Å². The van der Waals surface area contributed by atoms with E-state index < -0.39 is 20.6 Å². The van der Waals surface area contributed by atoms with Crippen LogP contribution in [-0.4, -0.2) is 20.6 Å². The van der Waals surface area contributed by atoms with Crippen LogP contribution in [0.2, 0.25) is 10.7 Å². The van der Waals surface area contributed by atoms with Gasteiger partial charge in [-0.1, -0.05) is 0 Å². The Morgan fingerprint density at radius 2 is 1.24 bits per heavy atom. The number of allylic oxidation sites excluding steroid dienone is 2. The van der Waals surface area contributed by atoms with E-state index in [0.29, 0.717) is 0 Å². The fraction of sp³-hybridized carbons (Fsp3) is 0.667. The quantitative estimate of drug-likeness (QED) is 0.362. The van der Waals surface area contributed by atoms with Crippen molar-refractivity contribution >= 4 is 23.8 Å². The Labute approximate surface area is 160 Å². The van der Waals surface area contributed by atoms with Gasteiger partial charge in [0.15, 0.2) is 0 Å². The van der Waals surface area contributed by atoms with Crippen LogP contribution in [0.5, 0.6) is 0 Å². The van der Waals surface area contributed by atoms with Crippen LogP contribution in [0.4, 0.5) is 0 Å². The summed E-state index contributed by atoms with van der Waals surface area (Å²) in [5, 5.41) is 0. The van der Waals surface area contributed by atoms with Crippen LogP contribution in [0.1, 0.15) is 83.5 Å². The zero-order valence-electron chi connectivity index (χ0n) is 15.9. The summed E-state index contributed by atoms with van der Waals surface area (Å²) in [6.45, 7) is 0. The van der Waals surface area contributed by atoms with Crippen molar-refractivity contribution < 1.29 is 0 Å². The zero-order chi connectivity index (χ0) is 17.0. The van der Waals surface area contributed by atoms with Crippen molar-refractivity contribution in [1.82, 2.24) is 0 Å². The molecule has 0 aliphatic heterocycles. The summed E-state index contributed by atoms with van der Waals surface area (Å²) < 4.78 is 5.10. The molecular weight excluding hydrogens is 497 g/mol. The summed E-state index contributed by atoms with van der Waals surface area (Å²) in [7, 11) is 0. The van der Waals surface area contributed by atoms with Gasteiger partial charge in [-0.15, -0.1) is 0 Å². The van der Waals surface area contributed by atoms with Crippen LogP contribution in [-0.2, 0) is 0 Å². The topological polar surface area (TPSA) is 0 Å². The molecule has 1 unspecified atom stereocenters. The molecule has 1 heteroatoms. The molecule has 0 heterocycles. The van der Waals surface area contributed by atoms with Crippen LogP contribution >= 0.6 is 0 Å². The Kier molecular flexibility index (Phi) is 6.34. The minimum atomic E-state index is -2.54. The van der Waals surface area contributed by atoms with Crippen molar-refractivity contribution in [3.63, 3.8) is 0 Å². The Morgan fingerprint density at radius 3 is 1.76 bits per heavy atom. The van der Waals surface area contributed by atoms with Gasteiger partial charge in [0.05, 0.1) is 0 Å². The standard InChI is InChI=1S/2C6H11.C6H9.C6H5.Po/c4*1-2-4-6-5-3-1;/h2*1H,2-6H2;1-3H,4-6H2;1-5H;. The van der Waals surface area contributed by atoms with E-state index in [0.717, 1.165) is 10.7 Å². The maximum atomic E-state index is 2.75. The number of hydrogen-bond donors (Lipinski definition) is 0. The third-order valence-electron chi connectivity index (χ3n) is 7.07. The molecule has 25 heavy (non-hydrogen) atoms. The van der Waals surface area contributed by atoms with Crippen molar-refractivity contribution in [1.29, 1.82) is 0 Å². The Balaban J connectivity index is 1.82. The monoisotopic (exact) mass is 533 g/mol. The number of rotatable bonds is 4. The van der Waals surface area contributed by atoms with Gasteiger partial charge in [-0.3, -0.25) is 0 Å². The molecule has 4 rings (SSSR count). The summed E-state index contributed by atoms with van der Waals surface area (Å²) in [6, 6.07) is 12.1. The first-order valence-corrected chi connectivity index (χ1v) is 18.0. The summed E-state index contributed by atoms with van der Waals surface area (Å²) in [4.78, 5) is 0. The van der Waals surface area contributed by atoms with Crippen molar-refractivity contribution in [3.05, 3.63) is 42.5 Å². The van der Waals surface area contributed by atoms with E-state index in [1.165, 1.54) is 57.8 Å². The third kappa shape index (κ3) is 3.65. The number of hydrogen-bond acceptors (Lipinski definition) is 0. The molecule has 2 saturated carbocycles. The Morgan fingerprint density at radius 1 is 0.640 bits per heavy atom. The molecule has 0 radical (unpaired) electrons. The molecule has 0 aromatic heterocycles. The predicted molar refractivity (Wildman–Crippen MR) is 112 cm³/mol. The fourth-order valence-electron chi connectivity index (χ4n) is 6.00. The SMILES string of the molecule is C1=C[CH]([Po]([c]2ccccc2)([CH]2CCCCC2)[CH]2CCCCC2)CCC1. The second-order valence-electron chi connectivity index (χ2n) is 8.49. The van der Waals surface area contributed by atoms with Gasteiger partial charge in [-0.05, 0) is 0 Å². The Bertz CT molecular complexity index is 531. The molecule has 0 N–H and O–H groups in total. The van der Waals surface area contributed by atoms with Crippen molar-refractivity contribution in [3.8, 4) is 0 Å². The van der Waals surface area contributed by atoms with E-state index in [2.05, 4.69) is 42.5 Å². The first kappa shape index (κ1) is 18.2. The van der Waals surface area contributed by atoms with Gasteiger partial charge in [0, 0.05) is 0 Å². The molecule has 1 aromatic rings. The summed E-state index contributed by atoms with van der Waals surface area (Å²) in [5.41, 5.74) is 0. The molecule has 0 amide bonds. The van der Waals surface area contributed by atoms with Gasteiger partial charge < -0.3 is 0 Å². The fourth-order valence-corrected chi connectivity index (χ4v) is 31.0. The summed E-state index contributed by atoms with van der Waals surface area (Å²) in [6.07, 6.45) is 24.9. The van der Waals surface area contributed by atoms with E-state index >= 15 is 0 Å². The number of benzene rings is 1. The molecule has 0 bridgehead atoms. The second-order valence-corrected chi connectivity index (χ2v) is 23.8. The average molecular weight is 534 g/mol. The molecule has 1 aromatic carbocycles. The van der Waals surface area contributed by atoms with Crippen LogP contribution in [0.25, 0.3) is 0 Å². The van der Waals surface area contributed by atoms with Crippen LogP contribution < -0.4 is 3.22 Å². The van der Waals surface area contributed by atoms with Crippen molar-refractivity contribution in [2.24, 2.45) is 0 Å². The third-order valence-corrected chi connectivity index (χ3v) is 29.0. The molecule has 0 saturated heterocycles. The summed E-state index contributed by atoms with van der Waals surface area (Å²) in [5.74, 6) is 0.